The Morgan fingerprint density at radius 2 is 2.15 bits per heavy atom. The minimum atomic E-state index is -0.596. The lowest BCUT2D eigenvalue weighted by molar-refractivity contribution is 0.141. The highest BCUT2D eigenvalue weighted by Crippen LogP contribution is 2.35. The van der Waals surface area contributed by atoms with Gasteiger partial charge in [-0.15, -0.1) is 11.3 Å². The number of furan rings is 1. The highest BCUT2D eigenvalue weighted by atomic mass is 32.1. The van der Waals surface area contributed by atoms with Crippen molar-refractivity contribution in [2.45, 2.75) is 38.8 Å². The largest absolute Gasteiger partial charge is 0.467 e. The maximum Gasteiger partial charge on any atom is 0.141 e. The molecule has 2 N–H and O–H groups in total. The second-order valence-corrected chi connectivity index (χ2v) is 8.06. The highest BCUT2D eigenvalue weighted by Gasteiger charge is 2.24. The molecule has 0 bridgehead atoms. The summed E-state index contributed by atoms with van der Waals surface area (Å²) in [4.78, 5) is 13.8. The monoisotopic (exact) mass is 372 g/mol. The van der Waals surface area contributed by atoms with Gasteiger partial charge in [-0.2, -0.15) is 0 Å². The SMILES string of the molecule is Cc1sc2ncnc(N3CCC(NC[C@H](O)c4ccco4)CC3)c2c1C. The number of thiophene rings is 1. The van der Waals surface area contributed by atoms with Gasteiger partial charge in [0.15, 0.2) is 0 Å². The molecule has 7 heteroatoms. The fourth-order valence-electron chi connectivity index (χ4n) is 3.56. The van der Waals surface area contributed by atoms with Crippen LogP contribution in [0.25, 0.3) is 10.2 Å². The van der Waals surface area contributed by atoms with Crippen molar-refractivity contribution in [3.05, 3.63) is 40.9 Å². The molecule has 0 unspecified atom stereocenters. The normalized spacial score (nSPS) is 17.1. The van der Waals surface area contributed by atoms with Gasteiger partial charge in [0.1, 0.15) is 28.8 Å². The number of aromatic nitrogens is 2. The molecule has 1 aliphatic rings. The van der Waals surface area contributed by atoms with Gasteiger partial charge in [-0.25, -0.2) is 9.97 Å². The van der Waals surface area contributed by atoms with E-state index >= 15 is 0 Å². The van der Waals surface area contributed by atoms with E-state index < -0.39 is 6.10 Å². The van der Waals surface area contributed by atoms with Crippen LogP contribution in [0.15, 0.2) is 29.1 Å². The van der Waals surface area contributed by atoms with E-state index in [2.05, 4.69) is 34.0 Å². The lowest BCUT2D eigenvalue weighted by Crippen LogP contribution is -2.44. The van der Waals surface area contributed by atoms with Crippen LogP contribution in [0.3, 0.4) is 0 Å². The zero-order valence-electron chi connectivity index (χ0n) is 15.1. The summed E-state index contributed by atoms with van der Waals surface area (Å²) >= 11 is 1.74. The molecular weight excluding hydrogens is 348 g/mol. The minimum absolute atomic E-state index is 0.401. The standard InChI is InChI=1S/C19H24N4O2S/c1-12-13(2)26-19-17(12)18(21-11-22-19)23-7-5-14(6-8-23)20-10-15(24)16-4-3-9-25-16/h3-4,9,11,14-15,20,24H,5-8,10H2,1-2H3/t15-/m0/s1. The van der Waals surface area contributed by atoms with Crippen LogP contribution in [-0.2, 0) is 0 Å². The van der Waals surface area contributed by atoms with Gasteiger partial charge in [-0.05, 0) is 44.4 Å². The molecule has 0 spiro atoms. The highest BCUT2D eigenvalue weighted by molar-refractivity contribution is 7.18. The Morgan fingerprint density at radius 3 is 2.88 bits per heavy atom. The number of nitrogens with zero attached hydrogens (tertiary/aromatic N) is 3. The number of nitrogens with one attached hydrogen (secondary N) is 1. The number of anilines is 1. The predicted octanol–water partition coefficient (Wildman–Crippen LogP) is 3.19. The Hall–Kier alpha value is -1.96. The second-order valence-electron chi connectivity index (χ2n) is 6.86. The van der Waals surface area contributed by atoms with Crippen molar-refractivity contribution in [1.29, 1.82) is 0 Å². The van der Waals surface area contributed by atoms with Crippen molar-refractivity contribution in [3.63, 3.8) is 0 Å². The van der Waals surface area contributed by atoms with Crippen LogP contribution in [-0.4, -0.2) is 40.8 Å². The number of aliphatic hydroxyl groups is 1. The van der Waals surface area contributed by atoms with E-state index in [-0.39, 0.29) is 0 Å². The van der Waals surface area contributed by atoms with Gasteiger partial charge in [0.05, 0.1) is 11.6 Å². The molecule has 1 aliphatic heterocycles. The minimum Gasteiger partial charge on any atom is -0.467 e. The van der Waals surface area contributed by atoms with Gasteiger partial charge >= 0.3 is 0 Å². The first-order chi connectivity index (χ1) is 12.6. The van der Waals surface area contributed by atoms with Crippen molar-refractivity contribution < 1.29 is 9.52 Å². The molecule has 0 amide bonds. The van der Waals surface area contributed by atoms with Crippen molar-refractivity contribution in [1.82, 2.24) is 15.3 Å². The lowest BCUT2D eigenvalue weighted by Gasteiger charge is -2.34. The van der Waals surface area contributed by atoms with Gasteiger partial charge in [0.25, 0.3) is 0 Å². The number of piperidine rings is 1. The molecule has 0 radical (unpaired) electrons. The quantitative estimate of drug-likeness (QED) is 0.716. The number of aliphatic hydroxyl groups excluding tert-OH is 1. The van der Waals surface area contributed by atoms with E-state index in [4.69, 9.17) is 4.42 Å². The van der Waals surface area contributed by atoms with E-state index in [1.165, 1.54) is 15.8 Å². The lowest BCUT2D eigenvalue weighted by atomic mass is 10.0. The summed E-state index contributed by atoms with van der Waals surface area (Å²) in [6, 6.07) is 4.01. The molecule has 0 aromatic carbocycles. The van der Waals surface area contributed by atoms with Crippen molar-refractivity contribution in [2.75, 3.05) is 24.5 Å². The van der Waals surface area contributed by atoms with Crippen LogP contribution in [0.1, 0.15) is 35.1 Å². The van der Waals surface area contributed by atoms with E-state index in [0.717, 1.165) is 36.6 Å². The van der Waals surface area contributed by atoms with Crippen LogP contribution >= 0.6 is 11.3 Å². The Bertz CT molecular complexity index is 869. The molecule has 4 rings (SSSR count). The molecule has 3 aromatic heterocycles. The number of hydrogen-bond donors (Lipinski definition) is 2. The molecule has 4 heterocycles. The average molecular weight is 372 g/mol. The van der Waals surface area contributed by atoms with E-state index in [0.29, 0.717) is 18.3 Å². The molecule has 138 valence electrons. The van der Waals surface area contributed by atoms with Gasteiger partial charge in [-0.3, -0.25) is 0 Å². The average Bonchev–Trinajstić information content (AvgIpc) is 3.29. The number of fused-ring (bicyclic) bond motifs is 1. The van der Waals surface area contributed by atoms with Crippen molar-refractivity contribution in [3.8, 4) is 0 Å². The van der Waals surface area contributed by atoms with Crippen LogP contribution in [0.5, 0.6) is 0 Å². The van der Waals surface area contributed by atoms with Gasteiger partial charge in [0, 0.05) is 30.6 Å². The van der Waals surface area contributed by atoms with E-state index in [1.54, 1.807) is 36.1 Å². The first-order valence-corrected chi connectivity index (χ1v) is 9.85. The van der Waals surface area contributed by atoms with Crippen LogP contribution in [0, 0.1) is 13.8 Å². The second kappa shape index (κ2) is 7.34. The molecule has 0 aliphatic carbocycles. The first kappa shape index (κ1) is 17.5. The number of aryl methyl sites for hydroxylation is 2. The summed E-state index contributed by atoms with van der Waals surface area (Å²) in [6.07, 6.45) is 4.72. The summed E-state index contributed by atoms with van der Waals surface area (Å²) in [7, 11) is 0. The van der Waals surface area contributed by atoms with E-state index in [1.807, 2.05) is 0 Å². The summed E-state index contributed by atoms with van der Waals surface area (Å²) < 4.78 is 5.25. The maximum absolute atomic E-state index is 10.1. The van der Waals surface area contributed by atoms with Gasteiger partial charge in [0.2, 0.25) is 0 Å². The molecule has 0 saturated carbocycles. The molecule has 1 saturated heterocycles. The Labute approximate surface area is 156 Å². The number of hydrogen-bond acceptors (Lipinski definition) is 7. The maximum atomic E-state index is 10.1. The Balaban J connectivity index is 1.38. The van der Waals surface area contributed by atoms with Gasteiger partial charge < -0.3 is 19.7 Å². The molecule has 6 nitrogen and oxygen atoms in total. The summed E-state index contributed by atoms with van der Waals surface area (Å²) in [5, 5.41) is 14.8. The Kier molecular flexibility index (Phi) is 4.93. The topological polar surface area (TPSA) is 74.4 Å². The molecule has 1 atom stereocenters. The van der Waals surface area contributed by atoms with Crippen LogP contribution in [0.4, 0.5) is 5.82 Å². The third-order valence-electron chi connectivity index (χ3n) is 5.21. The molecule has 1 fully saturated rings. The van der Waals surface area contributed by atoms with Crippen molar-refractivity contribution >= 4 is 27.4 Å². The van der Waals surface area contributed by atoms with Crippen molar-refractivity contribution in [2.24, 2.45) is 0 Å². The molecule has 3 aromatic rings. The molecule has 26 heavy (non-hydrogen) atoms. The predicted molar refractivity (Wildman–Crippen MR) is 104 cm³/mol. The smallest absolute Gasteiger partial charge is 0.141 e. The zero-order chi connectivity index (χ0) is 18.1. The van der Waals surface area contributed by atoms with Gasteiger partial charge in [-0.1, -0.05) is 0 Å². The fraction of sp³-hybridized carbons (Fsp3) is 0.474. The van der Waals surface area contributed by atoms with Crippen LogP contribution in [0.2, 0.25) is 0 Å². The first-order valence-electron chi connectivity index (χ1n) is 9.04. The summed E-state index contributed by atoms with van der Waals surface area (Å²) in [6.45, 7) is 6.72. The fourth-order valence-corrected chi connectivity index (χ4v) is 4.55. The Morgan fingerprint density at radius 1 is 1.35 bits per heavy atom. The zero-order valence-corrected chi connectivity index (χ0v) is 15.9. The van der Waals surface area contributed by atoms with Crippen LogP contribution < -0.4 is 10.2 Å². The van der Waals surface area contributed by atoms with E-state index in [9.17, 15) is 5.11 Å². The summed E-state index contributed by atoms with van der Waals surface area (Å²) in [5.41, 5.74) is 1.29. The third kappa shape index (κ3) is 3.34. The summed E-state index contributed by atoms with van der Waals surface area (Å²) in [5.74, 6) is 1.67. The molecular formula is C19H24N4O2S. The number of rotatable bonds is 5. The third-order valence-corrected chi connectivity index (χ3v) is 6.33.